The van der Waals surface area contributed by atoms with Crippen molar-refractivity contribution in [1.82, 2.24) is 9.66 Å². The van der Waals surface area contributed by atoms with Gasteiger partial charge in [0.2, 0.25) is 4.80 Å². The van der Waals surface area contributed by atoms with E-state index in [-0.39, 0.29) is 11.6 Å². The molecule has 4 rings (SSSR count). The van der Waals surface area contributed by atoms with Crippen LogP contribution >= 0.6 is 43.2 Å². The van der Waals surface area contributed by atoms with Gasteiger partial charge in [0.05, 0.1) is 28.3 Å². The zero-order valence-corrected chi connectivity index (χ0v) is 19.2. The third-order valence-corrected chi connectivity index (χ3v) is 5.94. The summed E-state index contributed by atoms with van der Waals surface area (Å²) in [6, 6.07) is 13.3. The Morgan fingerprint density at radius 3 is 2.67 bits per heavy atom. The van der Waals surface area contributed by atoms with Crippen LogP contribution in [0.25, 0.3) is 11.3 Å². The first-order valence-electron chi connectivity index (χ1n) is 8.65. The van der Waals surface area contributed by atoms with Gasteiger partial charge in [-0.3, -0.25) is 4.98 Å². The average Bonchev–Trinajstić information content (AvgIpc) is 3.13. The minimum Gasteiger partial charge on any atom is -0.506 e. The molecule has 2 aromatic heterocycles. The molecular formula is C21H13Br2FN4OS. The highest BCUT2D eigenvalue weighted by molar-refractivity contribution is 9.11. The quantitative estimate of drug-likeness (QED) is 0.314. The van der Waals surface area contributed by atoms with Gasteiger partial charge in [-0.25, -0.2) is 14.1 Å². The summed E-state index contributed by atoms with van der Waals surface area (Å²) in [7, 11) is 0. The molecule has 30 heavy (non-hydrogen) atoms. The van der Waals surface area contributed by atoms with Crippen molar-refractivity contribution in [2.75, 3.05) is 0 Å². The normalized spacial score (nSPS) is 12.0. The first kappa shape index (κ1) is 20.6. The fraction of sp³-hybridized carbons (Fsp3) is 0. The number of nitrogens with zero attached hydrogens (tertiary/aromatic N) is 4. The van der Waals surface area contributed by atoms with Crippen LogP contribution in [0, 0.1) is 5.82 Å². The molecule has 9 heteroatoms. The first-order valence-corrected chi connectivity index (χ1v) is 11.1. The van der Waals surface area contributed by atoms with E-state index < -0.39 is 0 Å². The molecule has 0 fully saturated rings. The van der Waals surface area contributed by atoms with Crippen molar-refractivity contribution in [3.05, 3.63) is 91.4 Å². The van der Waals surface area contributed by atoms with Crippen LogP contribution in [0.5, 0.6) is 5.75 Å². The fourth-order valence-corrected chi connectivity index (χ4v) is 4.76. The molecule has 0 saturated carbocycles. The van der Waals surface area contributed by atoms with Gasteiger partial charge >= 0.3 is 0 Å². The zero-order valence-electron chi connectivity index (χ0n) is 15.2. The smallest absolute Gasteiger partial charge is 0.211 e. The number of phenolic OH excluding ortho intramolecular Hbond substituents is 1. The second kappa shape index (κ2) is 9.03. The molecule has 1 N–H and O–H groups in total. The highest BCUT2D eigenvalue weighted by Crippen LogP contribution is 2.31. The summed E-state index contributed by atoms with van der Waals surface area (Å²) >= 11 is 8.13. The standard InChI is InChI=1S/C21H13Br2FN4OS/c22-15-8-14(20(29)18(23)9-15)10-26-28-19(13-3-5-16(24)6-4-13)12-30-21(28)27-17-2-1-7-25-11-17/h1-12,29H. The SMILES string of the molecule is Oc1c(Br)cc(Br)cc1C=Nn1c(-c2ccc(F)cc2)csc1=Nc1cccnc1. The fourth-order valence-electron chi connectivity index (χ4n) is 2.64. The molecule has 2 aromatic carbocycles. The lowest BCUT2D eigenvalue weighted by atomic mass is 10.2. The van der Waals surface area contributed by atoms with Gasteiger partial charge in [0, 0.05) is 27.2 Å². The Morgan fingerprint density at radius 2 is 1.93 bits per heavy atom. The molecule has 0 bridgehead atoms. The molecule has 0 atom stereocenters. The number of pyridine rings is 1. The monoisotopic (exact) mass is 546 g/mol. The summed E-state index contributed by atoms with van der Waals surface area (Å²) in [6.07, 6.45) is 4.88. The van der Waals surface area contributed by atoms with Crippen LogP contribution < -0.4 is 4.80 Å². The van der Waals surface area contributed by atoms with Gasteiger partial charge in [-0.2, -0.15) is 5.10 Å². The van der Waals surface area contributed by atoms with Gasteiger partial charge in [0.15, 0.2) is 0 Å². The summed E-state index contributed by atoms with van der Waals surface area (Å²) in [4.78, 5) is 9.32. The van der Waals surface area contributed by atoms with Gasteiger partial charge < -0.3 is 5.11 Å². The van der Waals surface area contributed by atoms with Crippen molar-refractivity contribution in [1.29, 1.82) is 0 Å². The number of phenols is 1. The Bertz CT molecular complexity index is 1280. The number of aromatic hydroxyl groups is 1. The third kappa shape index (κ3) is 4.58. The number of hydrogen-bond donors (Lipinski definition) is 1. The van der Waals surface area contributed by atoms with Gasteiger partial charge in [0.25, 0.3) is 0 Å². The number of halogens is 3. The predicted molar refractivity (Wildman–Crippen MR) is 124 cm³/mol. The minimum absolute atomic E-state index is 0.0758. The van der Waals surface area contributed by atoms with E-state index in [0.29, 0.717) is 20.5 Å². The Balaban J connectivity index is 1.86. The second-order valence-corrected chi connectivity index (χ2v) is 8.72. The molecule has 0 aliphatic rings. The number of aromatic nitrogens is 2. The Hall–Kier alpha value is -2.62. The van der Waals surface area contributed by atoms with Crippen LogP contribution in [0.1, 0.15) is 5.56 Å². The maximum absolute atomic E-state index is 13.4. The Morgan fingerprint density at radius 1 is 1.13 bits per heavy atom. The maximum Gasteiger partial charge on any atom is 0.211 e. The number of thiazole rings is 1. The van der Waals surface area contributed by atoms with Crippen LogP contribution in [0.3, 0.4) is 0 Å². The summed E-state index contributed by atoms with van der Waals surface area (Å²) < 4.78 is 16.4. The van der Waals surface area contributed by atoms with E-state index >= 15 is 0 Å². The molecule has 0 unspecified atom stereocenters. The van der Waals surface area contributed by atoms with Gasteiger partial charge in [-0.05, 0) is 64.5 Å². The lowest BCUT2D eigenvalue weighted by molar-refractivity contribution is 0.471. The van der Waals surface area contributed by atoms with Gasteiger partial charge in [0.1, 0.15) is 11.6 Å². The topological polar surface area (TPSA) is 62.8 Å². The molecule has 0 radical (unpaired) electrons. The number of hydrogen-bond acceptors (Lipinski definition) is 5. The van der Waals surface area contributed by atoms with E-state index in [1.165, 1.54) is 23.5 Å². The Labute approximate surface area is 192 Å². The van der Waals surface area contributed by atoms with Crippen molar-refractivity contribution in [2.45, 2.75) is 0 Å². The molecule has 150 valence electrons. The van der Waals surface area contributed by atoms with Crippen LogP contribution in [0.4, 0.5) is 10.1 Å². The molecule has 0 aliphatic heterocycles. The summed E-state index contributed by atoms with van der Waals surface area (Å²) in [5, 5.41) is 16.8. The number of benzene rings is 2. The van der Waals surface area contributed by atoms with E-state index in [0.717, 1.165) is 15.7 Å². The van der Waals surface area contributed by atoms with Crippen LogP contribution in [0.2, 0.25) is 0 Å². The zero-order chi connectivity index (χ0) is 21.1. The maximum atomic E-state index is 13.4. The van der Waals surface area contributed by atoms with Crippen molar-refractivity contribution in [3.63, 3.8) is 0 Å². The minimum atomic E-state index is -0.312. The molecule has 0 amide bonds. The number of rotatable bonds is 4. The van der Waals surface area contributed by atoms with Crippen molar-refractivity contribution >= 4 is 55.1 Å². The predicted octanol–water partition coefficient (Wildman–Crippen LogP) is 6.10. The summed E-state index contributed by atoms with van der Waals surface area (Å²) in [5.41, 5.74) is 2.74. The Kier molecular flexibility index (Phi) is 6.21. The van der Waals surface area contributed by atoms with E-state index in [1.807, 2.05) is 11.4 Å². The van der Waals surface area contributed by atoms with Crippen molar-refractivity contribution in [3.8, 4) is 17.0 Å². The lowest BCUT2D eigenvalue weighted by Gasteiger charge is -2.05. The molecule has 4 aromatic rings. The van der Waals surface area contributed by atoms with Gasteiger partial charge in [-0.1, -0.05) is 15.9 Å². The molecular weight excluding hydrogens is 535 g/mol. The van der Waals surface area contributed by atoms with Crippen molar-refractivity contribution < 1.29 is 9.50 Å². The van der Waals surface area contributed by atoms with E-state index in [4.69, 9.17) is 0 Å². The largest absolute Gasteiger partial charge is 0.506 e. The van der Waals surface area contributed by atoms with E-state index in [2.05, 4.69) is 46.9 Å². The first-order chi connectivity index (χ1) is 14.5. The third-order valence-electron chi connectivity index (χ3n) is 4.07. The van der Waals surface area contributed by atoms with Crippen LogP contribution in [-0.2, 0) is 0 Å². The van der Waals surface area contributed by atoms with Crippen LogP contribution in [0.15, 0.2) is 85.3 Å². The molecule has 0 saturated heterocycles. The van der Waals surface area contributed by atoms with Crippen LogP contribution in [-0.4, -0.2) is 21.0 Å². The summed E-state index contributed by atoms with van der Waals surface area (Å²) in [6.45, 7) is 0. The van der Waals surface area contributed by atoms with E-state index in [9.17, 15) is 9.50 Å². The molecule has 2 heterocycles. The molecule has 5 nitrogen and oxygen atoms in total. The lowest BCUT2D eigenvalue weighted by Crippen LogP contribution is -2.11. The summed E-state index contributed by atoms with van der Waals surface area (Å²) in [5.74, 6) is -0.236. The van der Waals surface area contributed by atoms with Crippen molar-refractivity contribution in [2.24, 2.45) is 10.1 Å². The second-order valence-electron chi connectivity index (χ2n) is 6.12. The highest BCUT2D eigenvalue weighted by Gasteiger charge is 2.10. The van der Waals surface area contributed by atoms with Gasteiger partial charge in [-0.15, -0.1) is 11.3 Å². The molecule has 0 spiro atoms. The molecule has 0 aliphatic carbocycles. The highest BCUT2D eigenvalue weighted by atomic mass is 79.9. The van der Waals surface area contributed by atoms with E-state index in [1.54, 1.807) is 53.6 Å². The average molecular weight is 548 g/mol.